The second-order valence-corrected chi connectivity index (χ2v) is 6.04. The first-order chi connectivity index (χ1) is 11.1. The number of nitrogens with zero attached hydrogens (tertiary/aromatic N) is 2. The van der Waals surface area contributed by atoms with Gasteiger partial charge >= 0.3 is 0 Å². The molecule has 0 spiro atoms. The first-order valence-corrected chi connectivity index (χ1v) is 8.34. The average molecular weight is 320 g/mol. The van der Waals surface area contributed by atoms with Crippen molar-refractivity contribution in [3.63, 3.8) is 0 Å². The third-order valence-corrected chi connectivity index (χ3v) is 4.36. The molecule has 1 aliphatic heterocycles. The quantitative estimate of drug-likeness (QED) is 0.808. The minimum Gasteiger partial charge on any atom is -0.343 e. The van der Waals surface area contributed by atoms with Crippen molar-refractivity contribution in [2.45, 2.75) is 39.0 Å². The number of rotatable bonds is 6. The van der Waals surface area contributed by atoms with Gasteiger partial charge in [0.05, 0.1) is 0 Å². The molecule has 1 aromatic rings. The molecule has 0 aliphatic carbocycles. The third kappa shape index (κ3) is 5.34. The van der Waals surface area contributed by atoms with Gasteiger partial charge in [0.2, 0.25) is 11.8 Å². The van der Waals surface area contributed by atoms with Crippen molar-refractivity contribution in [2.75, 3.05) is 26.2 Å². The van der Waals surface area contributed by atoms with Crippen LogP contribution in [0.1, 0.15) is 38.2 Å². The summed E-state index contributed by atoms with van der Waals surface area (Å²) in [6.45, 7) is 3.98. The van der Waals surface area contributed by atoms with E-state index in [0.29, 0.717) is 31.5 Å². The molecule has 23 heavy (non-hydrogen) atoms. The minimum absolute atomic E-state index is 0.0761. The zero-order valence-electron chi connectivity index (χ0n) is 13.8. The Hall–Kier alpha value is -1.91. The molecule has 1 aromatic carbocycles. The molecule has 0 atom stereocenters. The van der Waals surface area contributed by atoms with Crippen LogP contribution in [0.15, 0.2) is 24.3 Å². The van der Waals surface area contributed by atoms with Gasteiger partial charge in [-0.15, -0.1) is 0 Å². The first kappa shape index (κ1) is 17.4. The van der Waals surface area contributed by atoms with Crippen molar-refractivity contribution in [1.82, 2.24) is 9.80 Å². The Morgan fingerprint density at radius 1 is 1.13 bits per heavy atom. The van der Waals surface area contributed by atoms with Gasteiger partial charge in [-0.05, 0) is 37.3 Å². The van der Waals surface area contributed by atoms with E-state index in [-0.39, 0.29) is 17.6 Å². The summed E-state index contributed by atoms with van der Waals surface area (Å²) in [4.78, 5) is 27.4. The summed E-state index contributed by atoms with van der Waals surface area (Å²) in [5.74, 6) is -0.213. The molecule has 1 aliphatic rings. The zero-order valence-corrected chi connectivity index (χ0v) is 13.8. The van der Waals surface area contributed by atoms with Crippen molar-refractivity contribution in [3.8, 4) is 0 Å². The smallest absolute Gasteiger partial charge is 0.224 e. The van der Waals surface area contributed by atoms with Gasteiger partial charge in [-0.25, -0.2) is 4.39 Å². The maximum absolute atomic E-state index is 13.6. The second kappa shape index (κ2) is 8.65. The van der Waals surface area contributed by atoms with Gasteiger partial charge in [-0.3, -0.25) is 9.59 Å². The molecule has 1 saturated heterocycles. The number of halogens is 1. The lowest BCUT2D eigenvalue weighted by Gasteiger charge is -2.28. The van der Waals surface area contributed by atoms with Crippen LogP contribution >= 0.6 is 0 Å². The van der Waals surface area contributed by atoms with E-state index in [1.54, 1.807) is 23.1 Å². The van der Waals surface area contributed by atoms with Crippen LogP contribution in [0.4, 0.5) is 4.39 Å². The molecule has 0 aromatic heterocycles. The van der Waals surface area contributed by atoms with E-state index in [2.05, 4.69) is 0 Å². The fourth-order valence-electron chi connectivity index (χ4n) is 2.92. The lowest BCUT2D eigenvalue weighted by Crippen LogP contribution is -2.39. The molecular weight excluding hydrogens is 295 g/mol. The summed E-state index contributed by atoms with van der Waals surface area (Å²) in [6.07, 6.45) is 4.12. The summed E-state index contributed by atoms with van der Waals surface area (Å²) in [7, 11) is 0. The molecule has 2 rings (SSSR count). The molecule has 1 heterocycles. The lowest BCUT2D eigenvalue weighted by atomic mass is 10.1. The van der Waals surface area contributed by atoms with Gasteiger partial charge in [-0.2, -0.15) is 0 Å². The molecular formula is C18H25FN2O2. The molecule has 0 saturated carbocycles. The highest BCUT2D eigenvalue weighted by molar-refractivity contribution is 5.78. The second-order valence-electron chi connectivity index (χ2n) is 6.04. The molecule has 5 heteroatoms. The van der Waals surface area contributed by atoms with Crippen LogP contribution in [-0.2, 0) is 16.0 Å². The highest BCUT2D eigenvalue weighted by Crippen LogP contribution is 2.11. The van der Waals surface area contributed by atoms with Crippen LogP contribution < -0.4 is 0 Å². The first-order valence-electron chi connectivity index (χ1n) is 8.34. The van der Waals surface area contributed by atoms with Crippen molar-refractivity contribution >= 4 is 11.8 Å². The monoisotopic (exact) mass is 320 g/mol. The topological polar surface area (TPSA) is 40.6 Å². The summed E-state index contributed by atoms with van der Waals surface area (Å²) in [6, 6.07) is 6.59. The SMILES string of the molecule is CC(=O)N(CCC(=O)N1CCCCC1)CCc1ccccc1F. The molecule has 0 bridgehead atoms. The predicted molar refractivity (Wildman–Crippen MR) is 87.4 cm³/mol. The number of hydrogen-bond acceptors (Lipinski definition) is 2. The van der Waals surface area contributed by atoms with Crippen LogP contribution in [0.5, 0.6) is 0 Å². The summed E-state index contributed by atoms with van der Waals surface area (Å²) in [5.41, 5.74) is 0.598. The van der Waals surface area contributed by atoms with E-state index in [1.165, 1.54) is 19.4 Å². The highest BCUT2D eigenvalue weighted by atomic mass is 19.1. The number of amides is 2. The molecule has 0 N–H and O–H groups in total. The Morgan fingerprint density at radius 3 is 2.48 bits per heavy atom. The lowest BCUT2D eigenvalue weighted by molar-refractivity contribution is -0.134. The molecule has 126 valence electrons. The maximum atomic E-state index is 13.6. The van der Waals surface area contributed by atoms with Gasteiger partial charge in [-0.1, -0.05) is 18.2 Å². The van der Waals surface area contributed by atoms with E-state index in [9.17, 15) is 14.0 Å². The van der Waals surface area contributed by atoms with Crippen molar-refractivity contribution in [1.29, 1.82) is 0 Å². The standard InChI is InChI=1S/C18H25FN2O2/c1-15(22)20(13-9-16-7-3-4-8-17(16)19)14-10-18(23)21-11-5-2-6-12-21/h3-4,7-8H,2,5-6,9-14H2,1H3. The van der Waals surface area contributed by atoms with Crippen LogP contribution in [0.3, 0.4) is 0 Å². The van der Waals surface area contributed by atoms with Gasteiger partial charge in [0, 0.05) is 39.5 Å². The minimum atomic E-state index is -0.250. The predicted octanol–water partition coefficient (Wildman–Crippen LogP) is 2.62. The van der Waals surface area contributed by atoms with E-state index in [0.717, 1.165) is 25.9 Å². The number of carbonyl (C=O) groups excluding carboxylic acids is 2. The number of benzene rings is 1. The van der Waals surface area contributed by atoms with Crippen LogP contribution in [0.25, 0.3) is 0 Å². The normalized spacial score (nSPS) is 14.6. The third-order valence-electron chi connectivity index (χ3n) is 4.36. The Morgan fingerprint density at radius 2 is 1.83 bits per heavy atom. The van der Waals surface area contributed by atoms with Crippen LogP contribution in [0, 0.1) is 5.82 Å². The maximum Gasteiger partial charge on any atom is 0.224 e. The number of hydrogen-bond donors (Lipinski definition) is 0. The van der Waals surface area contributed by atoms with Gasteiger partial charge < -0.3 is 9.80 Å². The fourth-order valence-corrected chi connectivity index (χ4v) is 2.92. The Kier molecular flexibility index (Phi) is 6.56. The summed E-state index contributed by atoms with van der Waals surface area (Å²) >= 11 is 0. The number of piperidine rings is 1. The van der Waals surface area contributed by atoms with Crippen LogP contribution in [0.2, 0.25) is 0 Å². The molecule has 4 nitrogen and oxygen atoms in total. The van der Waals surface area contributed by atoms with Gasteiger partial charge in [0.15, 0.2) is 0 Å². The van der Waals surface area contributed by atoms with Gasteiger partial charge in [0.25, 0.3) is 0 Å². The van der Waals surface area contributed by atoms with E-state index in [4.69, 9.17) is 0 Å². The van der Waals surface area contributed by atoms with Crippen LogP contribution in [-0.4, -0.2) is 47.8 Å². The molecule has 0 unspecified atom stereocenters. The molecule has 0 radical (unpaired) electrons. The number of carbonyl (C=O) groups is 2. The fraction of sp³-hybridized carbons (Fsp3) is 0.556. The van der Waals surface area contributed by atoms with Crippen molar-refractivity contribution in [2.24, 2.45) is 0 Å². The summed E-state index contributed by atoms with van der Waals surface area (Å²) in [5, 5.41) is 0. The zero-order chi connectivity index (χ0) is 16.7. The van der Waals surface area contributed by atoms with E-state index in [1.807, 2.05) is 4.90 Å². The molecule has 2 amide bonds. The highest BCUT2D eigenvalue weighted by Gasteiger charge is 2.18. The van der Waals surface area contributed by atoms with Crippen molar-refractivity contribution < 1.29 is 14.0 Å². The Balaban J connectivity index is 1.82. The van der Waals surface area contributed by atoms with Gasteiger partial charge in [0.1, 0.15) is 5.82 Å². The Labute approximate surface area is 137 Å². The van der Waals surface area contributed by atoms with Crippen molar-refractivity contribution in [3.05, 3.63) is 35.6 Å². The largest absolute Gasteiger partial charge is 0.343 e. The summed E-state index contributed by atoms with van der Waals surface area (Å²) < 4.78 is 13.6. The Bertz CT molecular complexity index is 542. The number of likely N-dealkylation sites (tertiary alicyclic amines) is 1. The molecule has 1 fully saturated rings. The van der Waals surface area contributed by atoms with E-state index >= 15 is 0 Å². The average Bonchev–Trinajstić information content (AvgIpc) is 2.56. The van der Waals surface area contributed by atoms with E-state index < -0.39 is 0 Å².